The van der Waals surface area contributed by atoms with Gasteiger partial charge in [-0.25, -0.2) is 0 Å². The highest BCUT2D eigenvalue weighted by Gasteiger charge is 2.21. The summed E-state index contributed by atoms with van der Waals surface area (Å²) in [6, 6.07) is 6.64. The Kier molecular flexibility index (Phi) is 5.93. The zero-order valence-corrected chi connectivity index (χ0v) is 15.1. The molecule has 0 saturated carbocycles. The first-order valence-corrected chi connectivity index (χ1v) is 9.17. The van der Waals surface area contributed by atoms with Crippen molar-refractivity contribution in [2.75, 3.05) is 33.9 Å². The Morgan fingerprint density at radius 2 is 2.08 bits per heavy atom. The number of aromatic nitrogens is 1. The van der Waals surface area contributed by atoms with Crippen LogP contribution in [0.3, 0.4) is 0 Å². The molecular weight excluding hydrogens is 300 g/mol. The summed E-state index contributed by atoms with van der Waals surface area (Å²) in [5.74, 6) is 0. The molecule has 0 fully saturated rings. The Labute approximate surface area is 145 Å². The fourth-order valence-corrected chi connectivity index (χ4v) is 3.82. The molecule has 0 aliphatic carbocycles. The third kappa shape index (κ3) is 3.66. The van der Waals surface area contributed by atoms with Crippen LogP contribution < -0.4 is 0 Å². The summed E-state index contributed by atoms with van der Waals surface area (Å²) in [6.45, 7) is 4.01. The highest BCUT2D eigenvalue weighted by atomic mass is 16.5. The zero-order valence-electron chi connectivity index (χ0n) is 15.1. The van der Waals surface area contributed by atoms with E-state index in [1.54, 1.807) is 0 Å². The zero-order chi connectivity index (χ0) is 16.9. The standard InChI is InChI=1S/C20H30N2O2/c1-21(2)11-3-4-12-22-18-9-5-7-16(8-6-13-23)20(18)17-10-14-24-15-19(17)22/h5,7,9,23H,3-4,6,8,10-15H2,1-2H3. The van der Waals surface area contributed by atoms with Gasteiger partial charge in [-0.05, 0) is 69.9 Å². The van der Waals surface area contributed by atoms with Gasteiger partial charge < -0.3 is 19.3 Å². The van der Waals surface area contributed by atoms with Crippen molar-refractivity contribution < 1.29 is 9.84 Å². The van der Waals surface area contributed by atoms with Crippen LogP contribution >= 0.6 is 0 Å². The molecule has 0 atom stereocenters. The average molecular weight is 330 g/mol. The van der Waals surface area contributed by atoms with E-state index in [1.165, 1.54) is 40.6 Å². The second kappa shape index (κ2) is 8.15. The molecule has 1 N–H and O–H groups in total. The Hall–Kier alpha value is -1.36. The summed E-state index contributed by atoms with van der Waals surface area (Å²) >= 11 is 0. The molecule has 4 heteroatoms. The monoisotopic (exact) mass is 330 g/mol. The highest BCUT2D eigenvalue weighted by molar-refractivity contribution is 5.89. The number of aliphatic hydroxyl groups is 1. The van der Waals surface area contributed by atoms with Crippen LogP contribution in [-0.2, 0) is 30.7 Å². The van der Waals surface area contributed by atoms with E-state index in [9.17, 15) is 5.11 Å². The van der Waals surface area contributed by atoms with E-state index in [4.69, 9.17) is 4.74 Å². The number of aryl methyl sites for hydroxylation is 2. The van der Waals surface area contributed by atoms with Gasteiger partial charge in [0, 0.05) is 29.7 Å². The van der Waals surface area contributed by atoms with Gasteiger partial charge in [0.25, 0.3) is 0 Å². The lowest BCUT2D eigenvalue weighted by atomic mass is 9.99. The van der Waals surface area contributed by atoms with Gasteiger partial charge in [-0.15, -0.1) is 0 Å². The summed E-state index contributed by atoms with van der Waals surface area (Å²) in [5, 5.41) is 10.6. The van der Waals surface area contributed by atoms with Gasteiger partial charge in [0.15, 0.2) is 0 Å². The summed E-state index contributed by atoms with van der Waals surface area (Å²) in [4.78, 5) is 2.25. The van der Waals surface area contributed by atoms with Crippen molar-refractivity contribution in [2.24, 2.45) is 0 Å². The number of unbranched alkanes of at least 4 members (excludes halogenated alkanes) is 1. The lowest BCUT2D eigenvalue weighted by Gasteiger charge is -2.17. The van der Waals surface area contributed by atoms with Crippen LogP contribution in [0.2, 0.25) is 0 Å². The van der Waals surface area contributed by atoms with Crippen LogP contribution in [0.1, 0.15) is 36.1 Å². The minimum Gasteiger partial charge on any atom is -0.396 e. The lowest BCUT2D eigenvalue weighted by Crippen LogP contribution is -2.15. The molecule has 0 bridgehead atoms. The Bertz CT molecular complexity index is 676. The first kappa shape index (κ1) is 17.5. The van der Waals surface area contributed by atoms with Gasteiger partial charge in [0.05, 0.1) is 13.2 Å². The topological polar surface area (TPSA) is 37.6 Å². The summed E-state index contributed by atoms with van der Waals surface area (Å²) in [5.41, 5.74) is 5.59. The van der Waals surface area contributed by atoms with Gasteiger partial charge in [0.1, 0.15) is 0 Å². The van der Waals surface area contributed by atoms with Crippen LogP contribution in [0.25, 0.3) is 10.9 Å². The van der Waals surface area contributed by atoms with E-state index in [0.29, 0.717) is 0 Å². The van der Waals surface area contributed by atoms with Crippen molar-refractivity contribution in [3.8, 4) is 0 Å². The first-order chi connectivity index (χ1) is 11.7. The van der Waals surface area contributed by atoms with Crippen LogP contribution in [0.5, 0.6) is 0 Å². The second-order valence-electron chi connectivity index (χ2n) is 7.03. The van der Waals surface area contributed by atoms with Gasteiger partial charge in [-0.3, -0.25) is 0 Å². The van der Waals surface area contributed by atoms with Crippen molar-refractivity contribution in [3.63, 3.8) is 0 Å². The molecule has 0 unspecified atom stereocenters. The van der Waals surface area contributed by atoms with Crippen molar-refractivity contribution in [1.82, 2.24) is 9.47 Å². The van der Waals surface area contributed by atoms with Crippen LogP contribution in [0.4, 0.5) is 0 Å². The summed E-state index contributed by atoms with van der Waals surface area (Å²) < 4.78 is 8.25. The minimum atomic E-state index is 0.257. The smallest absolute Gasteiger partial charge is 0.0871 e. The van der Waals surface area contributed by atoms with E-state index in [-0.39, 0.29) is 6.61 Å². The predicted molar refractivity (Wildman–Crippen MR) is 98.5 cm³/mol. The Morgan fingerprint density at radius 3 is 2.88 bits per heavy atom. The number of aliphatic hydroxyl groups excluding tert-OH is 1. The Balaban J connectivity index is 1.92. The maximum absolute atomic E-state index is 9.20. The van der Waals surface area contributed by atoms with Crippen molar-refractivity contribution >= 4 is 10.9 Å². The highest BCUT2D eigenvalue weighted by Crippen LogP contribution is 2.33. The number of hydrogen-bond donors (Lipinski definition) is 1. The van der Waals surface area contributed by atoms with Gasteiger partial charge in [-0.1, -0.05) is 12.1 Å². The number of ether oxygens (including phenoxy) is 1. The molecular formula is C20H30N2O2. The number of nitrogens with zero attached hydrogens (tertiary/aromatic N) is 2. The molecule has 2 aromatic rings. The normalized spacial score (nSPS) is 14.5. The van der Waals surface area contributed by atoms with E-state index >= 15 is 0 Å². The van der Waals surface area contributed by atoms with Crippen LogP contribution in [0, 0.1) is 0 Å². The molecule has 1 aromatic heterocycles. The molecule has 0 radical (unpaired) electrons. The Morgan fingerprint density at radius 1 is 1.21 bits per heavy atom. The molecule has 4 nitrogen and oxygen atoms in total. The quantitative estimate of drug-likeness (QED) is 0.756. The van der Waals surface area contributed by atoms with Gasteiger partial charge >= 0.3 is 0 Å². The molecule has 1 aromatic carbocycles. The molecule has 24 heavy (non-hydrogen) atoms. The fourth-order valence-electron chi connectivity index (χ4n) is 3.82. The molecule has 1 aliphatic rings. The molecule has 0 amide bonds. The molecule has 3 rings (SSSR count). The molecule has 1 aliphatic heterocycles. The van der Waals surface area contributed by atoms with E-state index in [2.05, 4.69) is 41.8 Å². The summed E-state index contributed by atoms with van der Waals surface area (Å²) in [6.07, 6.45) is 5.19. The molecule has 0 saturated heterocycles. The van der Waals surface area contributed by atoms with E-state index in [1.807, 2.05) is 0 Å². The second-order valence-corrected chi connectivity index (χ2v) is 7.03. The maximum Gasteiger partial charge on any atom is 0.0871 e. The first-order valence-electron chi connectivity index (χ1n) is 9.17. The number of fused-ring (bicyclic) bond motifs is 3. The molecule has 2 heterocycles. The van der Waals surface area contributed by atoms with Crippen LogP contribution in [0.15, 0.2) is 18.2 Å². The largest absolute Gasteiger partial charge is 0.396 e. The van der Waals surface area contributed by atoms with Gasteiger partial charge in [-0.2, -0.15) is 0 Å². The van der Waals surface area contributed by atoms with Crippen molar-refractivity contribution in [2.45, 2.75) is 45.3 Å². The predicted octanol–water partition coefficient (Wildman–Crippen LogP) is 2.98. The van der Waals surface area contributed by atoms with Crippen molar-refractivity contribution in [3.05, 3.63) is 35.0 Å². The van der Waals surface area contributed by atoms with Crippen molar-refractivity contribution in [1.29, 1.82) is 0 Å². The molecule has 132 valence electrons. The summed E-state index contributed by atoms with van der Waals surface area (Å²) in [7, 11) is 4.27. The van der Waals surface area contributed by atoms with E-state index < -0.39 is 0 Å². The third-order valence-corrected chi connectivity index (χ3v) is 4.97. The third-order valence-electron chi connectivity index (χ3n) is 4.97. The SMILES string of the molecule is CN(C)CCCCn1c2c(c3c(CCCO)cccc31)CCOC2. The lowest BCUT2D eigenvalue weighted by molar-refractivity contribution is 0.105. The minimum absolute atomic E-state index is 0.257. The van der Waals surface area contributed by atoms with Crippen LogP contribution in [-0.4, -0.2) is 48.4 Å². The molecule has 0 spiro atoms. The maximum atomic E-state index is 9.20. The average Bonchev–Trinajstić information content (AvgIpc) is 2.91. The van der Waals surface area contributed by atoms with Gasteiger partial charge in [0.2, 0.25) is 0 Å². The van der Waals surface area contributed by atoms with E-state index in [0.717, 1.165) is 45.6 Å². The number of rotatable bonds is 8. The number of hydrogen-bond acceptors (Lipinski definition) is 3. The fraction of sp³-hybridized carbons (Fsp3) is 0.600. The number of benzene rings is 1.